The zero-order chi connectivity index (χ0) is 17.2. The fourth-order valence-corrected chi connectivity index (χ4v) is 3.76. The molecular formula is C21H26N2O. The molecule has 3 nitrogen and oxygen atoms in total. The lowest BCUT2D eigenvalue weighted by molar-refractivity contribution is 0.0996. The number of likely N-dealkylation sites (tertiary alicyclic amines) is 1. The molecule has 1 fully saturated rings. The number of benzene rings is 2. The van der Waals surface area contributed by atoms with Gasteiger partial charge in [-0.05, 0) is 47.6 Å². The normalized spacial score (nSPS) is 24.7. The van der Waals surface area contributed by atoms with Gasteiger partial charge < -0.3 is 5.73 Å². The number of nitrogens with zero attached hydrogens (tertiary/aromatic N) is 1. The molecule has 0 saturated carbocycles. The second kappa shape index (κ2) is 6.78. The molecule has 24 heavy (non-hydrogen) atoms. The minimum atomic E-state index is -0.352. The average Bonchev–Trinajstić information content (AvgIpc) is 2.59. The Morgan fingerprint density at radius 1 is 1.21 bits per heavy atom. The number of piperidine rings is 1. The molecule has 1 aliphatic heterocycles. The minimum Gasteiger partial charge on any atom is -0.366 e. The Hall–Kier alpha value is -2.13. The number of hydrogen-bond donors (Lipinski definition) is 1. The van der Waals surface area contributed by atoms with Gasteiger partial charge in [-0.3, -0.25) is 9.69 Å². The number of hydrogen-bond acceptors (Lipinski definition) is 2. The Bertz CT molecular complexity index is 713. The van der Waals surface area contributed by atoms with E-state index >= 15 is 0 Å². The highest BCUT2D eigenvalue weighted by Gasteiger charge is 2.38. The van der Waals surface area contributed by atoms with Crippen molar-refractivity contribution in [1.29, 1.82) is 0 Å². The Labute approximate surface area is 144 Å². The molecule has 1 amide bonds. The van der Waals surface area contributed by atoms with Crippen molar-refractivity contribution in [3.63, 3.8) is 0 Å². The molecule has 1 heterocycles. The quantitative estimate of drug-likeness (QED) is 0.935. The number of nitrogens with two attached hydrogens (primary N) is 1. The van der Waals surface area contributed by atoms with Crippen LogP contribution in [-0.4, -0.2) is 23.9 Å². The molecule has 0 spiro atoms. The van der Waals surface area contributed by atoms with Crippen LogP contribution in [0.15, 0.2) is 54.6 Å². The minimum absolute atomic E-state index is 0.0820. The third kappa shape index (κ3) is 3.36. The molecule has 2 aromatic rings. The lowest BCUT2D eigenvalue weighted by atomic mass is 9.68. The van der Waals surface area contributed by atoms with Crippen LogP contribution in [0.3, 0.4) is 0 Å². The maximum atomic E-state index is 11.5. The molecular weight excluding hydrogens is 296 g/mol. The first-order valence-corrected chi connectivity index (χ1v) is 8.65. The van der Waals surface area contributed by atoms with Gasteiger partial charge >= 0.3 is 0 Å². The predicted molar refractivity (Wildman–Crippen MR) is 97.8 cm³/mol. The van der Waals surface area contributed by atoms with E-state index in [0.717, 1.165) is 26.1 Å². The van der Waals surface area contributed by atoms with Gasteiger partial charge in [0.05, 0.1) is 0 Å². The Kier molecular flexibility index (Phi) is 4.72. The summed E-state index contributed by atoms with van der Waals surface area (Å²) in [7, 11) is 0. The van der Waals surface area contributed by atoms with Gasteiger partial charge in [0.1, 0.15) is 0 Å². The number of rotatable bonds is 4. The van der Waals surface area contributed by atoms with Crippen LogP contribution in [-0.2, 0) is 12.0 Å². The molecule has 0 unspecified atom stereocenters. The zero-order valence-corrected chi connectivity index (χ0v) is 14.5. The molecule has 3 rings (SSSR count). The molecule has 2 aromatic carbocycles. The number of carbonyl (C=O) groups is 1. The summed E-state index contributed by atoms with van der Waals surface area (Å²) in [6, 6.07) is 18.5. The third-order valence-electron chi connectivity index (χ3n) is 5.62. The SMILES string of the molecule is C[C@H]1CN(Cc2ccccc2)CC[C@]1(C)c1cccc(C(N)=O)c1. The first-order chi connectivity index (χ1) is 11.5. The van der Waals surface area contributed by atoms with Gasteiger partial charge in [-0.1, -0.05) is 56.3 Å². The first-order valence-electron chi connectivity index (χ1n) is 8.65. The van der Waals surface area contributed by atoms with Gasteiger partial charge in [-0.2, -0.15) is 0 Å². The van der Waals surface area contributed by atoms with E-state index in [1.54, 1.807) is 6.07 Å². The Morgan fingerprint density at radius 3 is 2.62 bits per heavy atom. The van der Waals surface area contributed by atoms with Crippen molar-refractivity contribution in [2.45, 2.75) is 32.2 Å². The fourth-order valence-electron chi connectivity index (χ4n) is 3.76. The molecule has 2 atom stereocenters. The Balaban J connectivity index is 1.75. The molecule has 3 heteroatoms. The van der Waals surface area contributed by atoms with E-state index in [1.165, 1.54) is 11.1 Å². The molecule has 0 radical (unpaired) electrons. The van der Waals surface area contributed by atoms with Crippen LogP contribution < -0.4 is 5.73 Å². The topological polar surface area (TPSA) is 46.3 Å². The number of amides is 1. The number of carbonyl (C=O) groups excluding carboxylic acids is 1. The maximum absolute atomic E-state index is 11.5. The van der Waals surface area contributed by atoms with Crippen LogP contribution in [0.25, 0.3) is 0 Å². The van der Waals surface area contributed by atoms with E-state index in [4.69, 9.17) is 5.73 Å². The molecule has 1 saturated heterocycles. The smallest absolute Gasteiger partial charge is 0.248 e. The summed E-state index contributed by atoms with van der Waals surface area (Å²) in [5, 5.41) is 0. The summed E-state index contributed by atoms with van der Waals surface area (Å²) in [5.74, 6) is 0.160. The first kappa shape index (κ1) is 16.7. The van der Waals surface area contributed by atoms with Crippen molar-refractivity contribution >= 4 is 5.91 Å². The van der Waals surface area contributed by atoms with Crippen LogP contribution >= 0.6 is 0 Å². The molecule has 0 aromatic heterocycles. The van der Waals surface area contributed by atoms with Crippen LogP contribution in [0.2, 0.25) is 0 Å². The maximum Gasteiger partial charge on any atom is 0.248 e. The van der Waals surface area contributed by atoms with Crippen molar-refractivity contribution in [3.8, 4) is 0 Å². The van der Waals surface area contributed by atoms with Gasteiger partial charge in [-0.25, -0.2) is 0 Å². The van der Waals surface area contributed by atoms with Gasteiger partial charge in [0.2, 0.25) is 5.91 Å². The zero-order valence-electron chi connectivity index (χ0n) is 14.5. The van der Waals surface area contributed by atoms with E-state index in [1.807, 2.05) is 12.1 Å². The van der Waals surface area contributed by atoms with Crippen LogP contribution in [0.4, 0.5) is 0 Å². The van der Waals surface area contributed by atoms with Gasteiger partial charge in [0, 0.05) is 18.7 Å². The molecule has 1 aliphatic rings. The summed E-state index contributed by atoms with van der Waals surface area (Å²) in [4.78, 5) is 14.0. The standard InChI is InChI=1S/C21H26N2O/c1-16-14-23(15-17-7-4-3-5-8-17)12-11-21(16,2)19-10-6-9-18(13-19)20(22)24/h3-10,13,16H,11-12,14-15H2,1-2H3,(H2,22,24)/t16-,21-/m0/s1. The highest BCUT2D eigenvalue weighted by molar-refractivity contribution is 5.92. The lowest BCUT2D eigenvalue weighted by Crippen LogP contribution is -2.47. The van der Waals surface area contributed by atoms with Crippen molar-refractivity contribution in [3.05, 3.63) is 71.3 Å². The summed E-state index contributed by atoms with van der Waals surface area (Å²) in [6.07, 6.45) is 1.09. The monoisotopic (exact) mass is 322 g/mol. The second-order valence-electron chi connectivity index (χ2n) is 7.23. The summed E-state index contributed by atoms with van der Waals surface area (Å²) >= 11 is 0. The molecule has 2 N–H and O–H groups in total. The van der Waals surface area contributed by atoms with E-state index in [-0.39, 0.29) is 11.3 Å². The highest BCUT2D eigenvalue weighted by atomic mass is 16.1. The second-order valence-corrected chi connectivity index (χ2v) is 7.23. The van der Waals surface area contributed by atoms with E-state index in [9.17, 15) is 4.79 Å². The summed E-state index contributed by atoms with van der Waals surface area (Å²) < 4.78 is 0. The molecule has 126 valence electrons. The largest absolute Gasteiger partial charge is 0.366 e. The van der Waals surface area contributed by atoms with Gasteiger partial charge in [-0.15, -0.1) is 0 Å². The van der Waals surface area contributed by atoms with Crippen molar-refractivity contribution in [2.75, 3.05) is 13.1 Å². The molecule has 0 bridgehead atoms. The van der Waals surface area contributed by atoms with Crippen LogP contribution in [0.5, 0.6) is 0 Å². The number of primary amides is 1. The average molecular weight is 322 g/mol. The van der Waals surface area contributed by atoms with E-state index in [0.29, 0.717) is 11.5 Å². The van der Waals surface area contributed by atoms with E-state index < -0.39 is 0 Å². The third-order valence-corrected chi connectivity index (χ3v) is 5.62. The van der Waals surface area contributed by atoms with Crippen molar-refractivity contribution in [1.82, 2.24) is 4.90 Å². The Morgan fingerprint density at radius 2 is 1.96 bits per heavy atom. The van der Waals surface area contributed by atoms with Crippen molar-refractivity contribution < 1.29 is 4.79 Å². The molecule has 0 aliphatic carbocycles. The van der Waals surface area contributed by atoms with E-state index in [2.05, 4.69) is 55.1 Å². The summed E-state index contributed by atoms with van der Waals surface area (Å²) in [5.41, 5.74) is 8.73. The van der Waals surface area contributed by atoms with Crippen molar-refractivity contribution in [2.24, 2.45) is 11.7 Å². The van der Waals surface area contributed by atoms with Crippen LogP contribution in [0.1, 0.15) is 41.8 Å². The fraction of sp³-hybridized carbons (Fsp3) is 0.381. The summed E-state index contributed by atoms with van der Waals surface area (Å²) in [6.45, 7) is 7.76. The van der Waals surface area contributed by atoms with Crippen LogP contribution in [0, 0.1) is 5.92 Å². The van der Waals surface area contributed by atoms with Gasteiger partial charge in [0.25, 0.3) is 0 Å². The lowest BCUT2D eigenvalue weighted by Gasteiger charge is -2.45. The highest BCUT2D eigenvalue weighted by Crippen LogP contribution is 2.39. The van der Waals surface area contributed by atoms with Gasteiger partial charge in [0.15, 0.2) is 0 Å². The predicted octanol–water partition coefficient (Wildman–Crippen LogP) is 3.59.